The molecule has 4 nitrogen and oxygen atoms in total. The number of benzene rings is 1. The van der Waals surface area contributed by atoms with Crippen LogP contribution < -0.4 is 10.6 Å². The molecule has 3 rings (SSSR count). The molecule has 2 aliphatic rings. The van der Waals surface area contributed by atoms with Gasteiger partial charge in [-0.3, -0.25) is 4.79 Å². The maximum Gasteiger partial charge on any atom is 0.254 e. The fourth-order valence-electron chi connectivity index (χ4n) is 3.62. The van der Waals surface area contributed by atoms with E-state index in [9.17, 15) is 9.18 Å². The Labute approximate surface area is 155 Å². The Morgan fingerprint density at radius 2 is 1.96 bits per heavy atom. The molecule has 2 N–H and O–H groups in total. The molecule has 2 fully saturated rings. The van der Waals surface area contributed by atoms with Crippen molar-refractivity contribution in [3.63, 3.8) is 0 Å². The van der Waals surface area contributed by atoms with Gasteiger partial charge >= 0.3 is 0 Å². The van der Waals surface area contributed by atoms with E-state index in [0.29, 0.717) is 30.3 Å². The summed E-state index contributed by atoms with van der Waals surface area (Å²) in [6.07, 6.45) is 3.13. The van der Waals surface area contributed by atoms with E-state index in [1.807, 2.05) is 16.7 Å². The van der Waals surface area contributed by atoms with Crippen molar-refractivity contribution in [3.05, 3.63) is 29.6 Å². The molecule has 0 radical (unpaired) electrons. The van der Waals surface area contributed by atoms with Gasteiger partial charge in [0.2, 0.25) is 0 Å². The van der Waals surface area contributed by atoms with Gasteiger partial charge in [0.1, 0.15) is 5.82 Å². The highest BCUT2D eigenvalue weighted by atomic mass is 35.5. The lowest BCUT2D eigenvalue weighted by molar-refractivity contribution is 0.0743. The molecular weight excluding hydrogens is 352 g/mol. The van der Waals surface area contributed by atoms with Crippen LogP contribution in [-0.2, 0) is 0 Å². The Bertz CT molecular complexity index is 567. The van der Waals surface area contributed by atoms with E-state index in [4.69, 9.17) is 5.73 Å². The smallest absolute Gasteiger partial charge is 0.254 e. The maximum absolute atomic E-state index is 14.4. The lowest BCUT2D eigenvalue weighted by Crippen LogP contribution is -2.34. The number of rotatable bonds is 3. The first-order chi connectivity index (χ1) is 10.6. The summed E-state index contributed by atoms with van der Waals surface area (Å²) in [6.45, 7) is 5.09. The topological polar surface area (TPSA) is 49.6 Å². The zero-order valence-corrected chi connectivity index (χ0v) is 15.5. The van der Waals surface area contributed by atoms with Crippen molar-refractivity contribution >= 4 is 36.4 Å². The minimum absolute atomic E-state index is 0. The second-order valence-corrected chi connectivity index (χ2v) is 6.50. The van der Waals surface area contributed by atoms with Crippen molar-refractivity contribution in [3.8, 4) is 0 Å². The minimum atomic E-state index is -0.296. The SMILES string of the molecule is CC1CC(CN)CN1C(=O)c1ccc(N2CCCC2)c(F)c1.Cl.Cl. The first-order valence-electron chi connectivity index (χ1n) is 8.15. The molecule has 0 saturated carbocycles. The first kappa shape index (κ1) is 21.0. The average molecular weight is 378 g/mol. The molecule has 136 valence electrons. The van der Waals surface area contributed by atoms with E-state index in [2.05, 4.69) is 0 Å². The van der Waals surface area contributed by atoms with Gasteiger partial charge in [-0.2, -0.15) is 0 Å². The molecule has 2 atom stereocenters. The minimum Gasteiger partial charge on any atom is -0.369 e. The zero-order valence-electron chi connectivity index (χ0n) is 13.9. The summed E-state index contributed by atoms with van der Waals surface area (Å²) in [4.78, 5) is 16.5. The quantitative estimate of drug-likeness (QED) is 0.880. The Balaban J connectivity index is 0.00000144. The molecule has 2 aliphatic heterocycles. The molecule has 0 bridgehead atoms. The van der Waals surface area contributed by atoms with E-state index in [-0.39, 0.29) is 42.6 Å². The van der Waals surface area contributed by atoms with E-state index < -0.39 is 0 Å². The predicted octanol–water partition coefficient (Wildman–Crippen LogP) is 3.08. The molecule has 2 heterocycles. The fraction of sp³-hybridized carbons (Fsp3) is 0.588. The number of carbonyl (C=O) groups excluding carboxylic acids is 1. The van der Waals surface area contributed by atoms with Crippen LogP contribution in [0.2, 0.25) is 0 Å². The zero-order chi connectivity index (χ0) is 15.7. The molecule has 1 aromatic carbocycles. The van der Waals surface area contributed by atoms with Crippen molar-refractivity contribution in [1.82, 2.24) is 4.90 Å². The van der Waals surface area contributed by atoms with Crippen LogP contribution in [0.1, 0.15) is 36.5 Å². The van der Waals surface area contributed by atoms with Crippen molar-refractivity contribution in [2.75, 3.05) is 31.1 Å². The molecule has 1 amide bonds. The molecule has 24 heavy (non-hydrogen) atoms. The highest BCUT2D eigenvalue weighted by molar-refractivity contribution is 5.95. The van der Waals surface area contributed by atoms with Crippen LogP contribution in [-0.4, -0.2) is 43.0 Å². The summed E-state index contributed by atoms with van der Waals surface area (Å²) in [5.74, 6) is -0.0297. The fourth-order valence-corrected chi connectivity index (χ4v) is 3.62. The number of anilines is 1. The number of amides is 1. The molecular formula is C17H26Cl2FN3O. The summed E-state index contributed by atoms with van der Waals surface area (Å²) >= 11 is 0. The lowest BCUT2D eigenvalue weighted by atomic mass is 10.1. The van der Waals surface area contributed by atoms with Gasteiger partial charge < -0.3 is 15.5 Å². The van der Waals surface area contributed by atoms with Gasteiger partial charge in [0.05, 0.1) is 5.69 Å². The monoisotopic (exact) mass is 377 g/mol. The van der Waals surface area contributed by atoms with Crippen LogP contribution in [0.4, 0.5) is 10.1 Å². The number of carbonyl (C=O) groups is 1. The number of likely N-dealkylation sites (tertiary alicyclic amines) is 1. The van der Waals surface area contributed by atoms with Gasteiger partial charge in [0.15, 0.2) is 0 Å². The molecule has 7 heteroatoms. The van der Waals surface area contributed by atoms with Crippen LogP contribution in [0.3, 0.4) is 0 Å². The number of halogens is 3. The first-order valence-corrected chi connectivity index (χ1v) is 8.15. The van der Waals surface area contributed by atoms with Gasteiger partial charge in [0, 0.05) is 31.2 Å². The highest BCUT2D eigenvalue weighted by Crippen LogP contribution is 2.27. The summed E-state index contributed by atoms with van der Waals surface area (Å²) in [5.41, 5.74) is 6.76. The summed E-state index contributed by atoms with van der Waals surface area (Å²) < 4.78 is 14.4. The van der Waals surface area contributed by atoms with Gasteiger partial charge in [-0.15, -0.1) is 24.8 Å². The van der Waals surface area contributed by atoms with Gasteiger partial charge in [-0.05, 0) is 56.8 Å². The van der Waals surface area contributed by atoms with E-state index in [1.165, 1.54) is 6.07 Å². The van der Waals surface area contributed by atoms with E-state index >= 15 is 0 Å². The normalized spacial score (nSPS) is 23.0. The standard InChI is InChI=1S/C17H24FN3O.2ClH/c1-12-8-13(10-19)11-21(12)17(22)14-4-5-16(15(18)9-14)20-6-2-3-7-20;;/h4-5,9,12-13H,2-3,6-8,10-11,19H2,1H3;2*1H. The molecule has 0 aromatic heterocycles. The van der Waals surface area contributed by atoms with E-state index in [0.717, 1.165) is 32.4 Å². The maximum atomic E-state index is 14.4. The third-order valence-corrected chi connectivity index (χ3v) is 4.90. The summed E-state index contributed by atoms with van der Waals surface area (Å²) in [6, 6.07) is 5.05. The van der Waals surface area contributed by atoms with Crippen LogP contribution in [0.15, 0.2) is 18.2 Å². The Morgan fingerprint density at radius 1 is 1.29 bits per heavy atom. The molecule has 2 unspecified atom stereocenters. The number of nitrogens with zero attached hydrogens (tertiary/aromatic N) is 2. The van der Waals surface area contributed by atoms with Crippen molar-refractivity contribution in [1.29, 1.82) is 0 Å². The Kier molecular flexibility index (Phi) is 7.77. The summed E-state index contributed by atoms with van der Waals surface area (Å²) in [7, 11) is 0. The molecule has 0 spiro atoms. The van der Waals surface area contributed by atoms with Crippen molar-refractivity contribution < 1.29 is 9.18 Å². The second kappa shape index (κ2) is 8.88. The van der Waals surface area contributed by atoms with Crippen LogP contribution >= 0.6 is 24.8 Å². The largest absolute Gasteiger partial charge is 0.369 e. The van der Waals surface area contributed by atoms with Crippen molar-refractivity contribution in [2.24, 2.45) is 11.7 Å². The lowest BCUT2D eigenvalue weighted by Gasteiger charge is -2.23. The summed E-state index contributed by atoms with van der Waals surface area (Å²) in [5, 5.41) is 0. The number of nitrogens with two attached hydrogens (primary N) is 1. The van der Waals surface area contributed by atoms with Gasteiger partial charge in [-0.25, -0.2) is 4.39 Å². The second-order valence-electron chi connectivity index (χ2n) is 6.50. The Morgan fingerprint density at radius 3 is 2.50 bits per heavy atom. The number of hydrogen-bond acceptors (Lipinski definition) is 3. The van der Waals surface area contributed by atoms with E-state index in [1.54, 1.807) is 12.1 Å². The molecule has 1 aromatic rings. The molecule has 0 aliphatic carbocycles. The van der Waals surface area contributed by atoms with Gasteiger partial charge in [0.25, 0.3) is 5.91 Å². The highest BCUT2D eigenvalue weighted by Gasteiger charge is 2.32. The average Bonchev–Trinajstić information content (AvgIpc) is 3.15. The Hall–Kier alpha value is -1.04. The van der Waals surface area contributed by atoms with Crippen molar-refractivity contribution in [2.45, 2.75) is 32.2 Å². The number of hydrogen-bond donors (Lipinski definition) is 1. The van der Waals surface area contributed by atoms with Crippen LogP contribution in [0, 0.1) is 11.7 Å². The predicted molar refractivity (Wildman–Crippen MR) is 100 cm³/mol. The molecule has 2 saturated heterocycles. The third-order valence-electron chi connectivity index (χ3n) is 4.90. The van der Waals surface area contributed by atoms with Crippen LogP contribution in [0.5, 0.6) is 0 Å². The van der Waals surface area contributed by atoms with Crippen LogP contribution in [0.25, 0.3) is 0 Å². The van der Waals surface area contributed by atoms with Gasteiger partial charge in [-0.1, -0.05) is 0 Å². The third kappa shape index (κ3) is 4.13.